The molecule has 7 heteroatoms. The predicted molar refractivity (Wildman–Crippen MR) is 91.7 cm³/mol. The van der Waals surface area contributed by atoms with E-state index >= 15 is 0 Å². The fraction of sp³-hybridized carbons (Fsp3) is 0.667. The van der Waals surface area contributed by atoms with Gasteiger partial charge in [0, 0.05) is 44.9 Å². The number of ether oxygens (including phenoxy) is 1. The number of nitrogens with zero attached hydrogens (tertiary/aromatic N) is 3. The first kappa shape index (κ1) is 17.8. The number of piperidine rings is 1. The molecule has 2 saturated heterocycles. The largest absolute Gasteiger partial charge is 0.368 e. The van der Waals surface area contributed by atoms with E-state index < -0.39 is 0 Å². The van der Waals surface area contributed by atoms with Crippen LogP contribution in [0, 0.1) is 0 Å². The Kier molecular flexibility index (Phi) is 5.96. The number of carbonyl (C=O) groups is 2. The molecule has 0 unspecified atom stereocenters. The molecular formula is C18H26N4O3. The molecule has 2 amide bonds. The highest BCUT2D eigenvalue weighted by atomic mass is 16.5. The van der Waals surface area contributed by atoms with E-state index in [4.69, 9.17) is 4.74 Å². The van der Waals surface area contributed by atoms with Crippen LogP contribution in [-0.2, 0) is 20.9 Å². The zero-order valence-electron chi connectivity index (χ0n) is 14.7. The summed E-state index contributed by atoms with van der Waals surface area (Å²) in [5.41, 5.74) is 1.75. The summed E-state index contributed by atoms with van der Waals surface area (Å²) in [6, 6.07) is 0. The maximum absolute atomic E-state index is 12.2. The lowest BCUT2D eigenvalue weighted by molar-refractivity contribution is -0.135. The van der Waals surface area contributed by atoms with Gasteiger partial charge in [-0.25, -0.2) is 0 Å². The van der Waals surface area contributed by atoms with Gasteiger partial charge in [0.15, 0.2) is 0 Å². The molecule has 0 saturated carbocycles. The lowest BCUT2D eigenvalue weighted by Crippen LogP contribution is -2.39. The van der Waals surface area contributed by atoms with Crippen LogP contribution in [0.1, 0.15) is 56.3 Å². The molecule has 3 rings (SSSR count). The fourth-order valence-electron chi connectivity index (χ4n) is 3.55. The molecule has 2 fully saturated rings. The van der Waals surface area contributed by atoms with Crippen molar-refractivity contribution in [2.45, 2.75) is 57.6 Å². The zero-order chi connectivity index (χ0) is 17.6. The van der Waals surface area contributed by atoms with Gasteiger partial charge in [-0.15, -0.1) is 0 Å². The molecule has 2 aliphatic rings. The van der Waals surface area contributed by atoms with Crippen LogP contribution in [0.5, 0.6) is 0 Å². The van der Waals surface area contributed by atoms with Gasteiger partial charge < -0.3 is 15.0 Å². The average Bonchev–Trinajstić information content (AvgIpc) is 2.67. The second-order valence-corrected chi connectivity index (χ2v) is 6.74. The second-order valence-electron chi connectivity index (χ2n) is 6.74. The third-order valence-electron chi connectivity index (χ3n) is 5.04. The number of rotatable bonds is 4. The molecule has 0 aliphatic carbocycles. The van der Waals surface area contributed by atoms with E-state index in [9.17, 15) is 9.59 Å². The number of hydrogen-bond donors (Lipinski definition) is 1. The highest BCUT2D eigenvalue weighted by molar-refractivity contribution is 5.80. The maximum atomic E-state index is 12.2. The number of amides is 2. The Morgan fingerprint density at radius 3 is 2.64 bits per heavy atom. The van der Waals surface area contributed by atoms with Crippen LogP contribution < -0.4 is 5.32 Å². The van der Waals surface area contributed by atoms with Gasteiger partial charge in [0.25, 0.3) is 0 Å². The summed E-state index contributed by atoms with van der Waals surface area (Å²) in [5, 5.41) is 2.94. The predicted octanol–water partition coefficient (Wildman–Crippen LogP) is 1.39. The molecule has 1 atom stereocenters. The van der Waals surface area contributed by atoms with Crippen molar-refractivity contribution in [3.05, 3.63) is 23.8 Å². The normalized spacial score (nSPS) is 21.8. The van der Waals surface area contributed by atoms with E-state index in [1.165, 1.54) is 0 Å². The van der Waals surface area contributed by atoms with Crippen molar-refractivity contribution in [2.24, 2.45) is 0 Å². The first-order chi connectivity index (χ1) is 12.1. The molecule has 1 N–H and O–H groups in total. The van der Waals surface area contributed by atoms with Crippen molar-refractivity contribution in [1.29, 1.82) is 0 Å². The monoisotopic (exact) mass is 346 g/mol. The molecule has 0 radical (unpaired) electrons. The Bertz CT molecular complexity index is 608. The van der Waals surface area contributed by atoms with Crippen LogP contribution in [-0.4, -0.2) is 52.5 Å². The Morgan fingerprint density at radius 1 is 1.20 bits per heavy atom. The standard InChI is InChI=1S/C18H26N4O3/c1-13(23)22-9-5-14(6-10-22)17-15(19-7-8-20-17)12-21-18(24)16-4-2-3-11-25-16/h7-8,14,16H,2-6,9-12H2,1H3,(H,21,24)/t16-/m0/s1. The summed E-state index contributed by atoms with van der Waals surface area (Å²) in [7, 11) is 0. The lowest BCUT2D eigenvalue weighted by atomic mass is 9.92. The molecule has 0 spiro atoms. The summed E-state index contributed by atoms with van der Waals surface area (Å²) in [5.74, 6) is 0.336. The zero-order valence-corrected chi connectivity index (χ0v) is 14.7. The Labute approximate surface area is 148 Å². The lowest BCUT2D eigenvalue weighted by Gasteiger charge is -2.31. The van der Waals surface area contributed by atoms with Crippen molar-refractivity contribution in [1.82, 2.24) is 20.2 Å². The van der Waals surface area contributed by atoms with E-state index in [1.54, 1.807) is 19.3 Å². The second kappa shape index (κ2) is 8.38. The van der Waals surface area contributed by atoms with Gasteiger partial charge in [0.1, 0.15) is 6.10 Å². The van der Waals surface area contributed by atoms with Crippen molar-refractivity contribution in [3.63, 3.8) is 0 Å². The van der Waals surface area contributed by atoms with Crippen molar-refractivity contribution in [2.75, 3.05) is 19.7 Å². The molecule has 2 aliphatic heterocycles. The van der Waals surface area contributed by atoms with Crippen molar-refractivity contribution >= 4 is 11.8 Å². The van der Waals surface area contributed by atoms with E-state index in [-0.39, 0.29) is 23.8 Å². The summed E-state index contributed by atoms with van der Waals surface area (Å²) >= 11 is 0. The van der Waals surface area contributed by atoms with Crippen molar-refractivity contribution in [3.8, 4) is 0 Å². The minimum atomic E-state index is -0.340. The third-order valence-corrected chi connectivity index (χ3v) is 5.04. The Balaban J connectivity index is 1.59. The van der Waals surface area contributed by atoms with Crippen LogP contribution in [0.4, 0.5) is 0 Å². The van der Waals surface area contributed by atoms with Crippen LogP contribution >= 0.6 is 0 Å². The molecule has 0 bridgehead atoms. The van der Waals surface area contributed by atoms with Gasteiger partial charge in [-0.1, -0.05) is 0 Å². The smallest absolute Gasteiger partial charge is 0.249 e. The van der Waals surface area contributed by atoms with E-state index in [0.29, 0.717) is 13.2 Å². The number of carbonyl (C=O) groups excluding carboxylic acids is 2. The van der Waals surface area contributed by atoms with Gasteiger partial charge >= 0.3 is 0 Å². The first-order valence-electron chi connectivity index (χ1n) is 9.09. The molecule has 1 aromatic heterocycles. The Morgan fingerprint density at radius 2 is 1.96 bits per heavy atom. The minimum absolute atomic E-state index is 0.0669. The number of likely N-dealkylation sites (tertiary alicyclic amines) is 1. The number of aromatic nitrogens is 2. The number of nitrogens with one attached hydrogen (secondary N) is 1. The molecule has 136 valence electrons. The molecule has 0 aromatic carbocycles. The summed E-state index contributed by atoms with van der Waals surface area (Å²) in [6.07, 6.45) is 7.61. The van der Waals surface area contributed by atoms with Crippen LogP contribution in [0.3, 0.4) is 0 Å². The highest BCUT2D eigenvalue weighted by Crippen LogP contribution is 2.28. The van der Waals surface area contributed by atoms with Gasteiger partial charge in [-0.2, -0.15) is 0 Å². The van der Waals surface area contributed by atoms with Gasteiger partial charge in [-0.05, 0) is 32.1 Å². The average molecular weight is 346 g/mol. The highest BCUT2D eigenvalue weighted by Gasteiger charge is 2.26. The van der Waals surface area contributed by atoms with Gasteiger partial charge in [-0.3, -0.25) is 19.6 Å². The van der Waals surface area contributed by atoms with Crippen LogP contribution in [0.25, 0.3) is 0 Å². The van der Waals surface area contributed by atoms with Crippen LogP contribution in [0.2, 0.25) is 0 Å². The fourth-order valence-corrected chi connectivity index (χ4v) is 3.55. The molecule has 1 aromatic rings. The van der Waals surface area contributed by atoms with E-state index in [2.05, 4.69) is 15.3 Å². The minimum Gasteiger partial charge on any atom is -0.368 e. The first-order valence-corrected chi connectivity index (χ1v) is 9.09. The molecule has 25 heavy (non-hydrogen) atoms. The SMILES string of the molecule is CC(=O)N1CCC(c2nccnc2CNC(=O)[C@@H]2CCCCO2)CC1. The number of hydrogen-bond acceptors (Lipinski definition) is 5. The van der Waals surface area contributed by atoms with E-state index in [1.807, 2.05) is 4.90 Å². The quantitative estimate of drug-likeness (QED) is 0.890. The van der Waals surface area contributed by atoms with Crippen LogP contribution in [0.15, 0.2) is 12.4 Å². The Hall–Kier alpha value is -2.02. The molecular weight excluding hydrogens is 320 g/mol. The summed E-state index contributed by atoms with van der Waals surface area (Å²) in [6.45, 7) is 4.13. The summed E-state index contributed by atoms with van der Waals surface area (Å²) in [4.78, 5) is 34.5. The molecule has 3 heterocycles. The third kappa shape index (κ3) is 4.54. The van der Waals surface area contributed by atoms with Gasteiger partial charge in [0.05, 0.1) is 17.9 Å². The maximum Gasteiger partial charge on any atom is 0.249 e. The summed E-state index contributed by atoms with van der Waals surface area (Å²) < 4.78 is 5.52. The topological polar surface area (TPSA) is 84.4 Å². The van der Waals surface area contributed by atoms with Crippen molar-refractivity contribution < 1.29 is 14.3 Å². The van der Waals surface area contributed by atoms with E-state index in [0.717, 1.165) is 56.6 Å². The van der Waals surface area contributed by atoms with Gasteiger partial charge in [0.2, 0.25) is 11.8 Å². The molecule has 7 nitrogen and oxygen atoms in total.